The van der Waals surface area contributed by atoms with Crippen LogP contribution in [0.3, 0.4) is 0 Å². The zero-order chi connectivity index (χ0) is 12.7. The summed E-state index contributed by atoms with van der Waals surface area (Å²) in [5.41, 5.74) is 0.399. The molecule has 1 atom stereocenters. The summed E-state index contributed by atoms with van der Waals surface area (Å²) in [5, 5.41) is 3.42. The predicted molar refractivity (Wildman–Crippen MR) is 69.8 cm³/mol. The van der Waals surface area contributed by atoms with E-state index in [2.05, 4.69) is 37.9 Å². The van der Waals surface area contributed by atoms with E-state index in [-0.39, 0.29) is 11.5 Å². The average molecular weight is 238 g/mol. The Morgan fingerprint density at radius 3 is 2.47 bits per heavy atom. The normalized spacial score (nSPS) is 31.5. The van der Waals surface area contributed by atoms with E-state index in [1.165, 1.54) is 6.42 Å². The molecule has 2 aliphatic rings. The van der Waals surface area contributed by atoms with Crippen LogP contribution in [0.5, 0.6) is 0 Å². The molecule has 0 bridgehead atoms. The fourth-order valence-electron chi connectivity index (χ4n) is 3.12. The molecule has 0 spiro atoms. The highest BCUT2D eigenvalue weighted by Crippen LogP contribution is 2.34. The van der Waals surface area contributed by atoms with Crippen molar-refractivity contribution in [2.75, 3.05) is 19.6 Å². The third-order valence-electron chi connectivity index (χ3n) is 4.36. The van der Waals surface area contributed by atoms with Crippen molar-refractivity contribution in [3.05, 3.63) is 0 Å². The molecule has 0 saturated carbocycles. The lowest BCUT2D eigenvalue weighted by molar-refractivity contribution is -0.136. The highest BCUT2D eigenvalue weighted by molar-refractivity contribution is 5.83. The summed E-state index contributed by atoms with van der Waals surface area (Å²) >= 11 is 0. The number of hydrogen-bond donors (Lipinski definition) is 1. The van der Waals surface area contributed by atoms with Crippen LogP contribution in [0.25, 0.3) is 0 Å². The minimum absolute atomic E-state index is 0.0187. The van der Waals surface area contributed by atoms with Gasteiger partial charge in [-0.25, -0.2) is 0 Å². The Labute approximate surface area is 105 Å². The van der Waals surface area contributed by atoms with Crippen LogP contribution >= 0.6 is 0 Å². The van der Waals surface area contributed by atoms with Gasteiger partial charge in [-0.1, -0.05) is 27.7 Å². The summed E-state index contributed by atoms with van der Waals surface area (Å²) in [6.07, 6.45) is 3.46. The molecule has 2 fully saturated rings. The Bertz CT molecular complexity index is 309. The van der Waals surface area contributed by atoms with E-state index in [4.69, 9.17) is 0 Å². The van der Waals surface area contributed by atoms with Gasteiger partial charge >= 0.3 is 0 Å². The fraction of sp³-hybridized carbons (Fsp3) is 0.929. The fourth-order valence-corrected chi connectivity index (χ4v) is 3.12. The van der Waals surface area contributed by atoms with Crippen molar-refractivity contribution in [1.82, 2.24) is 10.2 Å². The number of amides is 1. The van der Waals surface area contributed by atoms with Crippen LogP contribution < -0.4 is 5.32 Å². The topological polar surface area (TPSA) is 32.3 Å². The van der Waals surface area contributed by atoms with Crippen molar-refractivity contribution < 1.29 is 4.79 Å². The molecule has 1 N–H and O–H groups in total. The molecule has 0 aromatic carbocycles. The molecule has 0 radical (unpaired) electrons. The summed E-state index contributed by atoms with van der Waals surface area (Å²) in [6.45, 7) is 11.8. The van der Waals surface area contributed by atoms with Gasteiger partial charge in [0.05, 0.1) is 6.04 Å². The second-order valence-electron chi connectivity index (χ2n) is 7.15. The second-order valence-corrected chi connectivity index (χ2v) is 7.15. The number of carbonyl (C=O) groups is 1. The van der Waals surface area contributed by atoms with Crippen LogP contribution in [0.1, 0.15) is 47.0 Å². The lowest BCUT2D eigenvalue weighted by atomic mass is 9.77. The smallest absolute Gasteiger partial charge is 0.240 e. The van der Waals surface area contributed by atoms with Gasteiger partial charge < -0.3 is 10.2 Å². The average Bonchev–Trinajstić information content (AvgIpc) is 2.57. The van der Waals surface area contributed by atoms with Gasteiger partial charge in [0.25, 0.3) is 0 Å². The zero-order valence-corrected chi connectivity index (χ0v) is 11.7. The standard InChI is InChI=1S/C14H26N2O/c1-13(2)7-9-16(10-13)12(17)11-14(3,4)6-5-8-15-11/h11,15H,5-10H2,1-4H3. The van der Waals surface area contributed by atoms with Crippen molar-refractivity contribution in [3.8, 4) is 0 Å². The Balaban J connectivity index is 2.05. The number of likely N-dealkylation sites (tertiary alicyclic amines) is 1. The van der Waals surface area contributed by atoms with Gasteiger partial charge in [0.15, 0.2) is 0 Å². The quantitative estimate of drug-likeness (QED) is 0.758. The Kier molecular flexibility index (Phi) is 3.23. The van der Waals surface area contributed by atoms with Crippen molar-refractivity contribution in [1.29, 1.82) is 0 Å². The third-order valence-corrected chi connectivity index (χ3v) is 4.36. The van der Waals surface area contributed by atoms with Gasteiger partial charge in [0.2, 0.25) is 5.91 Å². The number of nitrogens with one attached hydrogen (secondary N) is 1. The molecule has 0 aromatic rings. The Hall–Kier alpha value is -0.570. The largest absolute Gasteiger partial charge is 0.341 e. The Morgan fingerprint density at radius 2 is 1.94 bits per heavy atom. The first kappa shape index (κ1) is 12.9. The molecule has 1 unspecified atom stereocenters. The third kappa shape index (κ3) is 2.65. The van der Waals surface area contributed by atoms with Crippen molar-refractivity contribution in [2.24, 2.45) is 10.8 Å². The van der Waals surface area contributed by atoms with Crippen molar-refractivity contribution in [2.45, 2.75) is 53.0 Å². The minimum atomic E-state index is 0.0187. The Morgan fingerprint density at radius 1 is 1.24 bits per heavy atom. The van der Waals surface area contributed by atoms with Gasteiger partial charge in [-0.3, -0.25) is 4.79 Å². The van der Waals surface area contributed by atoms with Crippen LogP contribution in [-0.4, -0.2) is 36.5 Å². The van der Waals surface area contributed by atoms with E-state index in [0.717, 1.165) is 32.5 Å². The van der Waals surface area contributed by atoms with E-state index in [0.29, 0.717) is 11.3 Å². The molecular weight excluding hydrogens is 212 g/mol. The molecule has 3 heteroatoms. The lowest BCUT2D eigenvalue weighted by Crippen LogP contribution is -2.56. The monoisotopic (exact) mass is 238 g/mol. The summed E-state index contributed by atoms with van der Waals surface area (Å²) in [7, 11) is 0. The SMILES string of the molecule is CC1(C)CCN(C(=O)C2NCCCC2(C)C)C1. The molecule has 2 rings (SSSR count). The molecule has 17 heavy (non-hydrogen) atoms. The summed E-state index contributed by atoms with van der Waals surface area (Å²) in [6, 6.07) is 0.0187. The van der Waals surface area contributed by atoms with Crippen LogP contribution in [0.2, 0.25) is 0 Å². The van der Waals surface area contributed by atoms with E-state index in [1.807, 2.05) is 0 Å². The number of carbonyl (C=O) groups excluding carboxylic acids is 1. The van der Waals surface area contributed by atoms with E-state index in [1.54, 1.807) is 0 Å². The van der Waals surface area contributed by atoms with Crippen molar-refractivity contribution >= 4 is 5.91 Å². The molecule has 0 aromatic heterocycles. The first-order valence-corrected chi connectivity index (χ1v) is 6.84. The maximum absolute atomic E-state index is 12.6. The number of hydrogen-bond acceptors (Lipinski definition) is 2. The van der Waals surface area contributed by atoms with Crippen LogP contribution in [0.4, 0.5) is 0 Å². The lowest BCUT2D eigenvalue weighted by Gasteiger charge is -2.40. The van der Waals surface area contributed by atoms with Gasteiger partial charge in [0.1, 0.15) is 0 Å². The van der Waals surface area contributed by atoms with Gasteiger partial charge in [0, 0.05) is 13.1 Å². The molecule has 2 heterocycles. The highest BCUT2D eigenvalue weighted by Gasteiger charge is 2.42. The predicted octanol–water partition coefficient (Wildman–Crippen LogP) is 2.02. The summed E-state index contributed by atoms with van der Waals surface area (Å²) < 4.78 is 0. The molecular formula is C14H26N2O. The first-order chi connectivity index (χ1) is 7.82. The first-order valence-electron chi connectivity index (χ1n) is 6.84. The van der Waals surface area contributed by atoms with Crippen LogP contribution in [-0.2, 0) is 4.79 Å². The number of nitrogens with zero attached hydrogens (tertiary/aromatic N) is 1. The minimum Gasteiger partial charge on any atom is -0.341 e. The summed E-state index contributed by atoms with van der Waals surface area (Å²) in [4.78, 5) is 14.6. The van der Waals surface area contributed by atoms with E-state index < -0.39 is 0 Å². The maximum atomic E-state index is 12.6. The molecule has 2 aliphatic heterocycles. The molecule has 98 valence electrons. The molecule has 1 amide bonds. The van der Waals surface area contributed by atoms with Gasteiger partial charge in [-0.15, -0.1) is 0 Å². The molecule has 0 aliphatic carbocycles. The highest BCUT2D eigenvalue weighted by atomic mass is 16.2. The van der Waals surface area contributed by atoms with E-state index >= 15 is 0 Å². The van der Waals surface area contributed by atoms with E-state index in [9.17, 15) is 4.79 Å². The number of rotatable bonds is 1. The number of piperidine rings is 1. The molecule has 2 saturated heterocycles. The maximum Gasteiger partial charge on any atom is 0.240 e. The van der Waals surface area contributed by atoms with Crippen LogP contribution in [0.15, 0.2) is 0 Å². The van der Waals surface area contributed by atoms with Gasteiger partial charge in [-0.05, 0) is 36.6 Å². The summed E-state index contributed by atoms with van der Waals surface area (Å²) in [5.74, 6) is 0.320. The molecule has 3 nitrogen and oxygen atoms in total. The second kappa shape index (κ2) is 4.27. The van der Waals surface area contributed by atoms with Crippen molar-refractivity contribution in [3.63, 3.8) is 0 Å². The van der Waals surface area contributed by atoms with Gasteiger partial charge in [-0.2, -0.15) is 0 Å². The van der Waals surface area contributed by atoms with Crippen LogP contribution in [0, 0.1) is 10.8 Å². The zero-order valence-electron chi connectivity index (χ0n) is 11.7.